The van der Waals surface area contributed by atoms with E-state index in [0.717, 1.165) is 0 Å². The number of aromatic amines is 1. The van der Waals surface area contributed by atoms with E-state index in [4.69, 9.17) is 16.0 Å². The van der Waals surface area contributed by atoms with Crippen molar-refractivity contribution in [2.45, 2.75) is 19.5 Å². The van der Waals surface area contributed by atoms with Crippen molar-refractivity contribution < 1.29 is 9.21 Å². The second kappa shape index (κ2) is 10.7. The Kier molecular flexibility index (Phi) is 6.82. The Hall–Kier alpha value is -5.22. The molecule has 0 aliphatic carbocycles. The zero-order valence-electron chi connectivity index (χ0n) is 21.7. The van der Waals surface area contributed by atoms with Crippen LogP contribution in [0.25, 0.3) is 27.5 Å². The third-order valence-electron chi connectivity index (χ3n) is 6.76. The number of aromatic nitrogens is 4. The van der Waals surface area contributed by atoms with Crippen LogP contribution in [-0.2, 0) is 6.54 Å². The molecule has 0 saturated heterocycles. The summed E-state index contributed by atoms with van der Waals surface area (Å²) in [7, 11) is 0. The third-order valence-corrected chi connectivity index (χ3v) is 7.16. The Bertz CT molecular complexity index is 2010. The lowest BCUT2D eigenvalue weighted by atomic mass is 10.0. The van der Waals surface area contributed by atoms with E-state index in [1.807, 2.05) is 13.0 Å². The number of rotatable bonds is 7. The van der Waals surface area contributed by atoms with Crippen molar-refractivity contribution >= 4 is 45.1 Å². The number of amides is 1. The fourth-order valence-electron chi connectivity index (χ4n) is 4.90. The highest BCUT2D eigenvalue weighted by molar-refractivity contribution is 6.36. The molecule has 0 unspecified atom stereocenters. The van der Waals surface area contributed by atoms with E-state index in [9.17, 15) is 14.4 Å². The van der Waals surface area contributed by atoms with Gasteiger partial charge in [0.25, 0.3) is 11.5 Å². The van der Waals surface area contributed by atoms with Gasteiger partial charge in [0.05, 0.1) is 40.5 Å². The van der Waals surface area contributed by atoms with Crippen molar-refractivity contribution in [1.29, 1.82) is 0 Å². The van der Waals surface area contributed by atoms with E-state index in [1.165, 1.54) is 29.4 Å². The monoisotopic (exact) mass is 566 g/mol. The molecular weight excluding hydrogens is 544 g/mol. The molecule has 4 heterocycles. The maximum Gasteiger partial charge on any atom is 0.264 e. The fourth-order valence-corrected chi connectivity index (χ4v) is 5.30. The SMILES string of the molecule is C[C@H](Nc1ncnc2[nH]ccc(=O)c12)c1c(Cl)c2cccc(C(=O)NCc3ccco3)c2c(=O)n1-c1ccccc1. The zero-order valence-corrected chi connectivity index (χ0v) is 22.5. The number of benzene rings is 2. The number of hydrogen-bond acceptors (Lipinski definition) is 7. The van der Waals surface area contributed by atoms with Crippen LogP contribution >= 0.6 is 11.6 Å². The third kappa shape index (κ3) is 4.74. The predicted octanol–water partition coefficient (Wildman–Crippen LogP) is 4.97. The highest BCUT2D eigenvalue weighted by Crippen LogP contribution is 2.34. The van der Waals surface area contributed by atoms with Crippen molar-refractivity contribution in [3.8, 4) is 5.69 Å². The van der Waals surface area contributed by atoms with E-state index in [1.54, 1.807) is 54.6 Å². The quantitative estimate of drug-likeness (QED) is 0.248. The summed E-state index contributed by atoms with van der Waals surface area (Å²) >= 11 is 7.07. The summed E-state index contributed by atoms with van der Waals surface area (Å²) in [5.41, 5.74) is 0.866. The highest BCUT2D eigenvalue weighted by Gasteiger charge is 2.25. The van der Waals surface area contributed by atoms with Gasteiger partial charge in [0.2, 0.25) is 0 Å². The summed E-state index contributed by atoms with van der Waals surface area (Å²) in [6.45, 7) is 1.98. The zero-order chi connectivity index (χ0) is 28.5. The molecule has 3 N–H and O–H groups in total. The van der Waals surface area contributed by atoms with Crippen LogP contribution < -0.4 is 21.6 Å². The number of halogens is 1. The van der Waals surface area contributed by atoms with Crippen molar-refractivity contribution in [2.24, 2.45) is 0 Å². The Labute approximate surface area is 237 Å². The smallest absolute Gasteiger partial charge is 0.264 e. The van der Waals surface area contributed by atoms with Gasteiger partial charge in [-0.2, -0.15) is 0 Å². The molecular formula is C30H23ClN6O4. The number of nitrogens with one attached hydrogen (secondary N) is 3. The van der Waals surface area contributed by atoms with E-state index in [0.29, 0.717) is 34.0 Å². The number of furan rings is 1. The summed E-state index contributed by atoms with van der Waals surface area (Å²) in [5, 5.41) is 7.22. The van der Waals surface area contributed by atoms with E-state index < -0.39 is 17.5 Å². The molecule has 204 valence electrons. The van der Waals surface area contributed by atoms with Gasteiger partial charge in [0, 0.05) is 23.3 Å². The maximum atomic E-state index is 14.3. The average Bonchev–Trinajstić information content (AvgIpc) is 3.51. The molecule has 4 aromatic heterocycles. The van der Waals surface area contributed by atoms with Crippen molar-refractivity contribution in [1.82, 2.24) is 24.8 Å². The highest BCUT2D eigenvalue weighted by atomic mass is 35.5. The van der Waals surface area contributed by atoms with Gasteiger partial charge in [-0.1, -0.05) is 41.9 Å². The number of hydrogen-bond donors (Lipinski definition) is 3. The van der Waals surface area contributed by atoms with Gasteiger partial charge in [-0.3, -0.25) is 19.0 Å². The minimum absolute atomic E-state index is 0.161. The number of carbonyl (C=O) groups is 1. The number of nitrogens with zero attached hydrogens (tertiary/aromatic N) is 3. The lowest BCUT2D eigenvalue weighted by Gasteiger charge is -2.24. The number of fused-ring (bicyclic) bond motifs is 2. The Morgan fingerprint density at radius 1 is 1.02 bits per heavy atom. The summed E-state index contributed by atoms with van der Waals surface area (Å²) in [6, 6.07) is 18.3. The topological polar surface area (TPSA) is 135 Å². The van der Waals surface area contributed by atoms with Crippen molar-refractivity contribution in [3.63, 3.8) is 0 Å². The molecule has 0 radical (unpaired) electrons. The first-order chi connectivity index (χ1) is 19.9. The number of para-hydroxylation sites is 1. The van der Waals surface area contributed by atoms with Crippen LogP contribution in [0.3, 0.4) is 0 Å². The Morgan fingerprint density at radius 2 is 1.85 bits per heavy atom. The van der Waals surface area contributed by atoms with Gasteiger partial charge in [-0.25, -0.2) is 9.97 Å². The first kappa shape index (κ1) is 26.0. The van der Waals surface area contributed by atoms with E-state index in [2.05, 4.69) is 25.6 Å². The molecule has 0 aliphatic rings. The molecule has 10 nitrogen and oxygen atoms in total. The number of pyridine rings is 2. The maximum absolute atomic E-state index is 14.3. The molecule has 2 aromatic carbocycles. The minimum Gasteiger partial charge on any atom is -0.467 e. The van der Waals surface area contributed by atoms with Crippen LogP contribution in [0.1, 0.15) is 34.8 Å². The van der Waals surface area contributed by atoms with Crippen molar-refractivity contribution in [3.05, 3.63) is 128 Å². The molecule has 6 rings (SSSR count). The van der Waals surface area contributed by atoms with Crippen molar-refractivity contribution in [2.75, 3.05) is 5.32 Å². The van der Waals surface area contributed by atoms with Gasteiger partial charge in [0.15, 0.2) is 5.43 Å². The summed E-state index contributed by atoms with van der Waals surface area (Å²) < 4.78 is 6.80. The van der Waals surface area contributed by atoms with Gasteiger partial charge in [-0.05, 0) is 37.3 Å². The summed E-state index contributed by atoms with van der Waals surface area (Å²) in [5.74, 6) is 0.431. The van der Waals surface area contributed by atoms with Crippen LogP contribution in [0, 0.1) is 0 Å². The van der Waals surface area contributed by atoms with E-state index in [-0.39, 0.29) is 33.3 Å². The largest absolute Gasteiger partial charge is 0.467 e. The summed E-state index contributed by atoms with van der Waals surface area (Å²) in [6.07, 6.45) is 4.38. The standard InChI is InChI=1S/C30H23ClN6O4/c1-17(36-28-24-22(38)12-13-32-27(24)34-16-35-28)26-25(31)20-10-5-11-21(29(39)33-15-19-9-6-14-41-19)23(20)30(40)37(26)18-7-3-2-4-8-18/h2-14,16-17H,15H2,1H3,(H,33,39)(H2,32,34,35,36,38)/t17-/m0/s1. The molecule has 11 heteroatoms. The predicted molar refractivity (Wildman–Crippen MR) is 157 cm³/mol. The van der Waals surface area contributed by atoms with Gasteiger partial charge < -0.3 is 20.0 Å². The lowest BCUT2D eigenvalue weighted by molar-refractivity contribution is 0.0949. The van der Waals surface area contributed by atoms with Crippen LogP contribution in [0.5, 0.6) is 0 Å². The molecule has 0 saturated carbocycles. The molecule has 0 fully saturated rings. The van der Waals surface area contributed by atoms with Crippen LogP contribution in [-0.4, -0.2) is 25.4 Å². The number of H-pyrrole nitrogens is 1. The number of anilines is 1. The molecule has 0 aliphatic heterocycles. The average molecular weight is 567 g/mol. The minimum atomic E-state index is -0.603. The second-order valence-electron chi connectivity index (χ2n) is 9.32. The first-order valence-electron chi connectivity index (χ1n) is 12.8. The molecule has 0 spiro atoms. The number of carbonyl (C=O) groups excluding carboxylic acids is 1. The Morgan fingerprint density at radius 3 is 2.63 bits per heavy atom. The molecule has 0 bridgehead atoms. The van der Waals surface area contributed by atoms with E-state index >= 15 is 0 Å². The normalized spacial score (nSPS) is 12.0. The van der Waals surface area contributed by atoms with Gasteiger partial charge in [-0.15, -0.1) is 0 Å². The first-order valence-corrected chi connectivity index (χ1v) is 13.1. The van der Waals surface area contributed by atoms with Crippen LogP contribution in [0.4, 0.5) is 5.82 Å². The fraction of sp³-hybridized carbons (Fsp3) is 0.100. The molecule has 1 amide bonds. The van der Waals surface area contributed by atoms with Crippen LogP contribution in [0.2, 0.25) is 5.02 Å². The second-order valence-corrected chi connectivity index (χ2v) is 9.70. The van der Waals surface area contributed by atoms with Crippen LogP contribution in [0.15, 0.2) is 99.5 Å². The summed E-state index contributed by atoms with van der Waals surface area (Å²) in [4.78, 5) is 51.6. The molecule has 41 heavy (non-hydrogen) atoms. The van der Waals surface area contributed by atoms with Gasteiger partial charge in [0.1, 0.15) is 28.9 Å². The molecule has 6 aromatic rings. The molecule has 1 atom stereocenters. The lowest BCUT2D eigenvalue weighted by Crippen LogP contribution is -2.29. The Balaban J connectivity index is 1.52. The van der Waals surface area contributed by atoms with Gasteiger partial charge >= 0.3 is 0 Å².